The fraction of sp³-hybridized carbons (Fsp3) is 0.0345. The minimum absolute atomic E-state index is 0. The molecule has 0 aliphatic carbocycles. The molecule has 0 amide bonds. The standard InChI is InChI=1S/C12H9.C11H8N.C6H7N.Ir/c1-3-7-11(8-4-1)12-9-5-2-6-10-12;1-2-6-10(7-3-1)11-8-4-5-9-12-11;1-6-3-2-4-7-5-6;/h1,3-10H;1-6,8-9H;2-5H,1H3;/q2*-1;;. The molecule has 161 valence electrons. The molecular weight excluding hydrogens is 569 g/mol. The summed E-state index contributed by atoms with van der Waals surface area (Å²) < 4.78 is 0. The van der Waals surface area contributed by atoms with Gasteiger partial charge in [-0.25, -0.2) is 0 Å². The van der Waals surface area contributed by atoms with Gasteiger partial charge in [0, 0.05) is 38.7 Å². The number of benzene rings is 3. The Bertz CT molecular complexity index is 952. The SMILES string of the molecule is Cc1cccnc1.[Ir].[c-]1ccc(-c2ccccc2)cc1.[c-]1ccccc1-c1ccccn1. The van der Waals surface area contributed by atoms with Gasteiger partial charge in [0.25, 0.3) is 0 Å². The molecule has 5 aromatic rings. The van der Waals surface area contributed by atoms with Crippen LogP contribution < -0.4 is 0 Å². The Balaban J connectivity index is 0.000000174. The van der Waals surface area contributed by atoms with E-state index in [1.54, 1.807) is 12.4 Å². The molecular formula is C29H24IrN2-2. The normalized spacial score (nSPS) is 9.16. The quantitative estimate of drug-likeness (QED) is 0.205. The summed E-state index contributed by atoms with van der Waals surface area (Å²) in [6.07, 6.45) is 5.39. The third kappa shape index (κ3) is 8.77. The van der Waals surface area contributed by atoms with Crippen LogP contribution in [-0.2, 0) is 20.1 Å². The molecule has 0 aliphatic rings. The summed E-state index contributed by atoms with van der Waals surface area (Å²) in [5.41, 5.74) is 5.72. The van der Waals surface area contributed by atoms with Crippen molar-refractivity contribution in [2.45, 2.75) is 6.92 Å². The van der Waals surface area contributed by atoms with Gasteiger partial charge in [-0.15, -0.1) is 41.5 Å². The van der Waals surface area contributed by atoms with Gasteiger partial charge in [0.15, 0.2) is 0 Å². The molecule has 0 unspecified atom stereocenters. The second kappa shape index (κ2) is 14.6. The molecule has 0 N–H and O–H groups in total. The third-order valence-electron chi connectivity index (χ3n) is 4.28. The van der Waals surface area contributed by atoms with Gasteiger partial charge < -0.3 is 4.98 Å². The van der Waals surface area contributed by atoms with E-state index in [4.69, 9.17) is 0 Å². The van der Waals surface area contributed by atoms with Gasteiger partial charge >= 0.3 is 0 Å². The van der Waals surface area contributed by atoms with Gasteiger partial charge in [-0.2, -0.15) is 30.3 Å². The van der Waals surface area contributed by atoms with Crippen LogP contribution in [0, 0.1) is 19.1 Å². The molecule has 0 bridgehead atoms. The molecule has 2 heterocycles. The van der Waals surface area contributed by atoms with E-state index in [9.17, 15) is 0 Å². The third-order valence-corrected chi connectivity index (χ3v) is 4.28. The zero-order chi connectivity index (χ0) is 21.6. The van der Waals surface area contributed by atoms with E-state index in [1.807, 2.05) is 98.0 Å². The van der Waals surface area contributed by atoms with E-state index >= 15 is 0 Å². The molecule has 2 nitrogen and oxygen atoms in total. The monoisotopic (exact) mass is 593 g/mol. The Hall–Kier alpha value is -3.39. The molecule has 2 aromatic heterocycles. The van der Waals surface area contributed by atoms with Crippen LogP contribution in [0.2, 0.25) is 0 Å². The fourth-order valence-corrected chi connectivity index (χ4v) is 2.73. The van der Waals surface area contributed by atoms with Crippen molar-refractivity contribution in [3.05, 3.63) is 145 Å². The first kappa shape index (κ1) is 24.9. The summed E-state index contributed by atoms with van der Waals surface area (Å²) in [5.74, 6) is 0. The van der Waals surface area contributed by atoms with Crippen LogP contribution in [0.5, 0.6) is 0 Å². The minimum Gasteiger partial charge on any atom is -0.305 e. The van der Waals surface area contributed by atoms with Crippen molar-refractivity contribution in [2.24, 2.45) is 0 Å². The maximum atomic E-state index is 4.22. The van der Waals surface area contributed by atoms with E-state index in [0.717, 1.165) is 11.3 Å². The number of pyridine rings is 2. The maximum Gasteiger partial charge on any atom is 0.0297 e. The Morgan fingerprint density at radius 1 is 0.625 bits per heavy atom. The number of aryl methyl sites for hydroxylation is 1. The molecule has 3 aromatic carbocycles. The Labute approximate surface area is 204 Å². The molecule has 0 saturated heterocycles. The van der Waals surface area contributed by atoms with Gasteiger partial charge in [0.05, 0.1) is 0 Å². The number of hydrogen-bond donors (Lipinski definition) is 0. The molecule has 0 atom stereocenters. The summed E-state index contributed by atoms with van der Waals surface area (Å²) in [6.45, 7) is 2.02. The predicted molar refractivity (Wildman–Crippen MR) is 128 cm³/mol. The average molecular weight is 593 g/mol. The minimum atomic E-state index is 0. The summed E-state index contributed by atoms with van der Waals surface area (Å²) in [4.78, 5) is 8.10. The van der Waals surface area contributed by atoms with E-state index in [0.29, 0.717) is 0 Å². The largest absolute Gasteiger partial charge is 0.305 e. The van der Waals surface area contributed by atoms with Gasteiger partial charge in [0.2, 0.25) is 0 Å². The van der Waals surface area contributed by atoms with Crippen LogP contribution in [0.4, 0.5) is 0 Å². The van der Waals surface area contributed by atoms with Crippen molar-refractivity contribution in [3.63, 3.8) is 0 Å². The van der Waals surface area contributed by atoms with Crippen molar-refractivity contribution >= 4 is 0 Å². The van der Waals surface area contributed by atoms with E-state index < -0.39 is 0 Å². The first-order valence-electron chi connectivity index (χ1n) is 10.1. The van der Waals surface area contributed by atoms with E-state index in [2.05, 4.69) is 46.4 Å². The molecule has 0 saturated carbocycles. The topological polar surface area (TPSA) is 25.8 Å². The van der Waals surface area contributed by atoms with Gasteiger partial charge in [-0.1, -0.05) is 48.5 Å². The van der Waals surface area contributed by atoms with Crippen LogP contribution in [0.1, 0.15) is 5.56 Å². The summed E-state index contributed by atoms with van der Waals surface area (Å²) in [5, 5.41) is 0. The van der Waals surface area contributed by atoms with E-state index in [1.165, 1.54) is 16.7 Å². The molecule has 0 aliphatic heterocycles. The number of hydrogen-bond acceptors (Lipinski definition) is 2. The molecule has 5 rings (SSSR count). The van der Waals surface area contributed by atoms with Gasteiger partial charge in [-0.3, -0.25) is 4.98 Å². The van der Waals surface area contributed by atoms with Gasteiger partial charge in [0.1, 0.15) is 0 Å². The molecule has 32 heavy (non-hydrogen) atoms. The van der Waals surface area contributed by atoms with Crippen molar-refractivity contribution in [1.82, 2.24) is 9.97 Å². The van der Waals surface area contributed by atoms with Crippen molar-refractivity contribution < 1.29 is 20.1 Å². The zero-order valence-electron chi connectivity index (χ0n) is 17.9. The van der Waals surface area contributed by atoms with Crippen LogP contribution in [-0.4, -0.2) is 9.97 Å². The molecule has 1 radical (unpaired) electrons. The van der Waals surface area contributed by atoms with Gasteiger partial charge in [-0.05, 0) is 35.9 Å². The van der Waals surface area contributed by atoms with Crippen molar-refractivity contribution in [2.75, 3.05) is 0 Å². The zero-order valence-corrected chi connectivity index (χ0v) is 20.2. The molecule has 0 fully saturated rings. The fourth-order valence-electron chi connectivity index (χ4n) is 2.73. The summed E-state index contributed by atoms with van der Waals surface area (Å²) >= 11 is 0. The van der Waals surface area contributed by atoms with Crippen LogP contribution >= 0.6 is 0 Å². The van der Waals surface area contributed by atoms with Crippen LogP contribution in [0.25, 0.3) is 22.4 Å². The number of rotatable bonds is 2. The second-order valence-corrected chi connectivity index (χ2v) is 6.68. The Morgan fingerprint density at radius 2 is 1.34 bits per heavy atom. The number of aromatic nitrogens is 2. The first-order valence-corrected chi connectivity index (χ1v) is 10.1. The van der Waals surface area contributed by atoms with E-state index in [-0.39, 0.29) is 20.1 Å². The smallest absolute Gasteiger partial charge is 0.0297 e. The predicted octanol–water partition coefficient (Wildman–Crippen LogP) is 7.09. The molecule has 3 heteroatoms. The Kier molecular flexibility index (Phi) is 11.3. The van der Waals surface area contributed by atoms with Crippen molar-refractivity contribution in [1.29, 1.82) is 0 Å². The van der Waals surface area contributed by atoms with Crippen LogP contribution in [0.3, 0.4) is 0 Å². The average Bonchev–Trinajstić information content (AvgIpc) is 2.87. The number of nitrogens with zero attached hydrogens (tertiary/aromatic N) is 2. The van der Waals surface area contributed by atoms with Crippen molar-refractivity contribution in [3.8, 4) is 22.4 Å². The second-order valence-electron chi connectivity index (χ2n) is 6.68. The molecule has 0 spiro atoms. The maximum absolute atomic E-state index is 4.22. The van der Waals surface area contributed by atoms with Crippen LogP contribution in [0.15, 0.2) is 128 Å². The summed E-state index contributed by atoms with van der Waals surface area (Å²) in [7, 11) is 0. The first-order chi connectivity index (χ1) is 15.3. The summed E-state index contributed by atoms with van der Waals surface area (Å²) in [6, 6.07) is 42.1. The Morgan fingerprint density at radius 3 is 1.91 bits per heavy atom.